The van der Waals surface area contributed by atoms with E-state index in [2.05, 4.69) is 5.32 Å². The molecule has 1 fully saturated rings. The zero-order valence-corrected chi connectivity index (χ0v) is 11.7. The molecule has 2 rings (SSSR count). The zero-order chi connectivity index (χ0) is 14.7. The Kier molecular flexibility index (Phi) is 4.39. The van der Waals surface area contributed by atoms with Crippen LogP contribution >= 0.6 is 0 Å². The first kappa shape index (κ1) is 14.5. The Morgan fingerprint density at radius 2 is 1.95 bits per heavy atom. The molecule has 20 heavy (non-hydrogen) atoms. The SMILES string of the molecule is CN(C)CC(NC(=O)[C@@H]1C[C@@H]1C(=O)O)c1ccccc1. The van der Waals surface area contributed by atoms with Gasteiger partial charge in [0.05, 0.1) is 17.9 Å². The van der Waals surface area contributed by atoms with Crippen molar-refractivity contribution in [1.29, 1.82) is 0 Å². The van der Waals surface area contributed by atoms with Gasteiger partial charge in [-0.2, -0.15) is 0 Å². The summed E-state index contributed by atoms with van der Waals surface area (Å²) in [4.78, 5) is 24.9. The third-order valence-electron chi connectivity index (χ3n) is 3.51. The second-order valence-electron chi connectivity index (χ2n) is 5.52. The monoisotopic (exact) mass is 276 g/mol. The number of amides is 1. The molecule has 1 unspecified atom stereocenters. The minimum Gasteiger partial charge on any atom is -0.481 e. The highest BCUT2D eigenvalue weighted by atomic mass is 16.4. The standard InChI is InChI=1S/C15H20N2O3/c1-17(2)9-13(10-6-4-3-5-7-10)16-14(18)11-8-12(11)15(19)20/h3-7,11-13H,8-9H2,1-2H3,(H,16,18)(H,19,20)/t11-,12+,13?/m1/s1. The number of rotatable bonds is 6. The van der Waals surface area contributed by atoms with Gasteiger partial charge >= 0.3 is 5.97 Å². The lowest BCUT2D eigenvalue weighted by Gasteiger charge is -2.23. The lowest BCUT2D eigenvalue weighted by atomic mass is 10.1. The molecule has 0 aromatic heterocycles. The summed E-state index contributed by atoms with van der Waals surface area (Å²) in [6.45, 7) is 0.681. The van der Waals surface area contributed by atoms with Gasteiger partial charge in [-0.25, -0.2) is 0 Å². The van der Waals surface area contributed by atoms with Crippen LogP contribution in [0.5, 0.6) is 0 Å². The molecular weight excluding hydrogens is 256 g/mol. The van der Waals surface area contributed by atoms with E-state index in [1.54, 1.807) is 0 Å². The van der Waals surface area contributed by atoms with E-state index in [1.807, 2.05) is 49.3 Å². The summed E-state index contributed by atoms with van der Waals surface area (Å²) in [6.07, 6.45) is 0.449. The number of carbonyl (C=O) groups excluding carboxylic acids is 1. The maximum atomic E-state index is 12.1. The lowest BCUT2D eigenvalue weighted by Crippen LogP contribution is -2.36. The molecule has 1 saturated carbocycles. The van der Waals surface area contributed by atoms with E-state index in [0.29, 0.717) is 13.0 Å². The van der Waals surface area contributed by atoms with Crippen molar-refractivity contribution in [1.82, 2.24) is 10.2 Å². The van der Waals surface area contributed by atoms with Crippen molar-refractivity contribution in [2.45, 2.75) is 12.5 Å². The van der Waals surface area contributed by atoms with Crippen LogP contribution in [0.4, 0.5) is 0 Å². The predicted octanol–water partition coefficient (Wildman–Crippen LogP) is 1.13. The maximum Gasteiger partial charge on any atom is 0.307 e. The van der Waals surface area contributed by atoms with Crippen molar-refractivity contribution in [3.05, 3.63) is 35.9 Å². The van der Waals surface area contributed by atoms with Crippen LogP contribution in [0, 0.1) is 11.8 Å². The van der Waals surface area contributed by atoms with Crippen LogP contribution in [0.2, 0.25) is 0 Å². The number of carboxylic acids is 1. The van der Waals surface area contributed by atoms with Crippen molar-refractivity contribution < 1.29 is 14.7 Å². The first-order chi connectivity index (χ1) is 9.49. The lowest BCUT2D eigenvalue weighted by molar-refractivity contribution is -0.140. The molecular formula is C15H20N2O3. The third-order valence-corrected chi connectivity index (χ3v) is 3.51. The van der Waals surface area contributed by atoms with E-state index in [-0.39, 0.29) is 17.9 Å². The van der Waals surface area contributed by atoms with E-state index in [1.165, 1.54) is 0 Å². The number of carbonyl (C=O) groups is 2. The van der Waals surface area contributed by atoms with Crippen LogP contribution in [-0.2, 0) is 9.59 Å². The van der Waals surface area contributed by atoms with Crippen LogP contribution in [0.3, 0.4) is 0 Å². The fraction of sp³-hybridized carbons (Fsp3) is 0.467. The highest BCUT2D eigenvalue weighted by Crippen LogP contribution is 2.39. The Balaban J connectivity index is 2.02. The van der Waals surface area contributed by atoms with Crippen molar-refractivity contribution in [3.8, 4) is 0 Å². The molecule has 0 radical (unpaired) electrons. The van der Waals surface area contributed by atoms with E-state index in [4.69, 9.17) is 5.11 Å². The Bertz CT molecular complexity index is 487. The van der Waals surface area contributed by atoms with Crippen LogP contribution in [0.15, 0.2) is 30.3 Å². The highest BCUT2D eigenvalue weighted by molar-refractivity contribution is 5.89. The molecule has 0 spiro atoms. The fourth-order valence-corrected chi connectivity index (χ4v) is 2.32. The zero-order valence-electron chi connectivity index (χ0n) is 11.7. The van der Waals surface area contributed by atoms with Gasteiger partial charge in [0, 0.05) is 6.54 Å². The topological polar surface area (TPSA) is 69.6 Å². The Hall–Kier alpha value is -1.88. The molecule has 1 aliphatic rings. The first-order valence-corrected chi connectivity index (χ1v) is 6.72. The summed E-state index contributed by atoms with van der Waals surface area (Å²) in [5.41, 5.74) is 1.03. The van der Waals surface area contributed by atoms with Gasteiger partial charge in [-0.15, -0.1) is 0 Å². The number of aliphatic carboxylic acids is 1. The molecule has 0 heterocycles. The third kappa shape index (κ3) is 3.57. The van der Waals surface area contributed by atoms with E-state index in [0.717, 1.165) is 5.56 Å². The molecule has 5 nitrogen and oxygen atoms in total. The second kappa shape index (κ2) is 6.05. The second-order valence-corrected chi connectivity index (χ2v) is 5.52. The predicted molar refractivity (Wildman–Crippen MR) is 75.1 cm³/mol. The number of likely N-dealkylation sites (N-methyl/N-ethyl adjacent to an activating group) is 1. The molecule has 1 aliphatic carbocycles. The number of nitrogens with one attached hydrogen (secondary N) is 1. The van der Waals surface area contributed by atoms with Gasteiger partial charge in [0.25, 0.3) is 0 Å². The summed E-state index contributed by atoms with van der Waals surface area (Å²) >= 11 is 0. The molecule has 1 aromatic rings. The molecule has 1 aromatic carbocycles. The van der Waals surface area contributed by atoms with Crippen LogP contribution in [0.1, 0.15) is 18.0 Å². The van der Waals surface area contributed by atoms with Crippen LogP contribution in [-0.4, -0.2) is 42.5 Å². The average Bonchev–Trinajstić information content (AvgIpc) is 3.19. The van der Waals surface area contributed by atoms with Crippen LogP contribution < -0.4 is 5.32 Å². The van der Waals surface area contributed by atoms with E-state index in [9.17, 15) is 9.59 Å². The van der Waals surface area contributed by atoms with Gasteiger partial charge in [-0.1, -0.05) is 30.3 Å². The molecule has 5 heteroatoms. The Morgan fingerprint density at radius 1 is 1.30 bits per heavy atom. The normalized spacial score (nSPS) is 22.4. The summed E-state index contributed by atoms with van der Waals surface area (Å²) in [7, 11) is 3.89. The molecule has 2 N–H and O–H groups in total. The van der Waals surface area contributed by atoms with Crippen molar-refractivity contribution in [2.75, 3.05) is 20.6 Å². The number of nitrogens with zero attached hydrogens (tertiary/aromatic N) is 1. The van der Waals surface area contributed by atoms with Gasteiger partial charge < -0.3 is 15.3 Å². The van der Waals surface area contributed by atoms with Gasteiger partial charge in [-0.05, 0) is 26.1 Å². The summed E-state index contributed by atoms with van der Waals surface area (Å²) in [6, 6.07) is 9.61. The van der Waals surface area contributed by atoms with E-state index >= 15 is 0 Å². The van der Waals surface area contributed by atoms with Gasteiger partial charge in [0.2, 0.25) is 5.91 Å². The summed E-state index contributed by atoms with van der Waals surface area (Å²) < 4.78 is 0. The van der Waals surface area contributed by atoms with Gasteiger partial charge in [-0.3, -0.25) is 9.59 Å². The van der Waals surface area contributed by atoms with Crippen molar-refractivity contribution in [2.24, 2.45) is 11.8 Å². The van der Waals surface area contributed by atoms with Crippen LogP contribution in [0.25, 0.3) is 0 Å². The highest BCUT2D eigenvalue weighted by Gasteiger charge is 2.48. The molecule has 3 atom stereocenters. The molecule has 0 bridgehead atoms. The fourth-order valence-electron chi connectivity index (χ4n) is 2.32. The minimum atomic E-state index is -0.881. The summed E-state index contributed by atoms with van der Waals surface area (Å²) in [5.74, 6) is -1.92. The van der Waals surface area contributed by atoms with Gasteiger partial charge in [0.1, 0.15) is 0 Å². The maximum absolute atomic E-state index is 12.1. The first-order valence-electron chi connectivity index (χ1n) is 6.72. The van der Waals surface area contributed by atoms with Crippen molar-refractivity contribution in [3.63, 3.8) is 0 Å². The number of benzene rings is 1. The Labute approximate surface area is 118 Å². The smallest absolute Gasteiger partial charge is 0.307 e. The Morgan fingerprint density at radius 3 is 2.45 bits per heavy atom. The van der Waals surface area contributed by atoms with E-state index < -0.39 is 11.9 Å². The number of hydrogen-bond donors (Lipinski definition) is 2. The quantitative estimate of drug-likeness (QED) is 0.817. The number of hydrogen-bond acceptors (Lipinski definition) is 3. The minimum absolute atomic E-state index is 0.117. The molecule has 0 saturated heterocycles. The van der Waals surface area contributed by atoms with Gasteiger partial charge in [0.15, 0.2) is 0 Å². The number of carboxylic acid groups (broad SMARTS) is 1. The summed E-state index contributed by atoms with van der Waals surface area (Å²) in [5, 5.41) is 11.8. The van der Waals surface area contributed by atoms with Crippen molar-refractivity contribution >= 4 is 11.9 Å². The molecule has 0 aliphatic heterocycles. The largest absolute Gasteiger partial charge is 0.481 e. The molecule has 1 amide bonds. The average molecular weight is 276 g/mol. The molecule has 108 valence electrons.